The molecule has 17 heavy (non-hydrogen) atoms. The van der Waals surface area contributed by atoms with Gasteiger partial charge in [-0.1, -0.05) is 5.18 Å². The predicted molar refractivity (Wildman–Crippen MR) is 59.5 cm³/mol. The van der Waals surface area contributed by atoms with Crippen molar-refractivity contribution in [2.75, 3.05) is 32.1 Å². The van der Waals surface area contributed by atoms with E-state index in [1.165, 1.54) is 6.33 Å². The van der Waals surface area contributed by atoms with E-state index in [0.717, 1.165) is 0 Å². The predicted octanol–water partition coefficient (Wildman–Crippen LogP) is -0.210. The summed E-state index contributed by atoms with van der Waals surface area (Å²) in [5, 5.41) is 2.43. The number of aromatic nitrogens is 3. The first kappa shape index (κ1) is 12.9. The zero-order chi connectivity index (χ0) is 12.7. The second-order valence-corrected chi connectivity index (χ2v) is 3.35. The van der Waals surface area contributed by atoms with E-state index in [2.05, 4.69) is 20.1 Å². The van der Waals surface area contributed by atoms with E-state index in [1.807, 2.05) is 14.1 Å². The zero-order valence-corrected chi connectivity index (χ0v) is 9.66. The number of hydrogen-bond acceptors (Lipinski definition) is 8. The summed E-state index contributed by atoms with van der Waals surface area (Å²) in [6.45, 7) is -0.356. The van der Waals surface area contributed by atoms with Crippen molar-refractivity contribution in [3.05, 3.63) is 17.1 Å². The van der Waals surface area contributed by atoms with Gasteiger partial charge < -0.3 is 9.64 Å². The Morgan fingerprint density at radius 3 is 2.88 bits per heavy atom. The molecule has 1 aromatic rings. The molecule has 0 aliphatic rings. The van der Waals surface area contributed by atoms with Gasteiger partial charge in [-0.15, -0.1) is 0 Å². The smallest absolute Gasteiger partial charge is 0.331 e. The van der Waals surface area contributed by atoms with Gasteiger partial charge in [0.25, 0.3) is 0 Å². The van der Waals surface area contributed by atoms with Gasteiger partial charge in [-0.25, -0.2) is 14.8 Å². The Kier molecular flexibility index (Phi) is 4.92. The van der Waals surface area contributed by atoms with E-state index in [0.29, 0.717) is 18.2 Å². The van der Waals surface area contributed by atoms with Gasteiger partial charge in [0.1, 0.15) is 12.2 Å². The average Bonchev–Trinajstić information content (AvgIpc) is 2.30. The molecule has 0 saturated carbocycles. The third kappa shape index (κ3) is 4.49. The molecule has 0 spiro atoms. The fourth-order valence-corrected chi connectivity index (χ4v) is 1.01. The minimum atomic E-state index is -0.651. The van der Waals surface area contributed by atoms with Crippen LogP contribution in [0.5, 0.6) is 0 Å². The minimum Gasteiger partial charge on any atom is -0.464 e. The molecular weight excluding hydrogens is 226 g/mol. The fourth-order valence-electron chi connectivity index (χ4n) is 1.01. The number of carbonyl (C=O) groups excluding carboxylic acids is 1. The van der Waals surface area contributed by atoms with E-state index in [1.54, 1.807) is 4.90 Å². The van der Waals surface area contributed by atoms with Gasteiger partial charge >= 0.3 is 5.97 Å². The standard InChI is InChI=1S/C9H13N5O3/c1-14(2)9-11-6-10-7(13-9)3-4-17-8(15)5-12-16/h6H,3-5H2,1-2H3. The zero-order valence-electron chi connectivity index (χ0n) is 9.66. The van der Waals surface area contributed by atoms with Crippen molar-refractivity contribution in [1.82, 2.24) is 15.0 Å². The molecular formula is C9H13N5O3. The van der Waals surface area contributed by atoms with E-state index < -0.39 is 12.5 Å². The fraction of sp³-hybridized carbons (Fsp3) is 0.556. The number of rotatable bonds is 6. The van der Waals surface area contributed by atoms with Crippen molar-refractivity contribution in [1.29, 1.82) is 0 Å². The molecule has 8 heteroatoms. The summed E-state index contributed by atoms with van der Waals surface area (Å²) in [5.74, 6) is 0.410. The van der Waals surface area contributed by atoms with Crippen LogP contribution in [-0.4, -0.2) is 48.2 Å². The Morgan fingerprint density at radius 1 is 1.47 bits per heavy atom. The molecule has 0 atom stereocenters. The van der Waals surface area contributed by atoms with Crippen molar-refractivity contribution in [3.63, 3.8) is 0 Å². The van der Waals surface area contributed by atoms with E-state index >= 15 is 0 Å². The second-order valence-electron chi connectivity index (χ2n) is 3.35. The van der Waals surface area contributed by atoms with E-state index in [9.17, 15) is 9.70 Å². The van der Waals surface area contributed by atoms with Crippen LogP contribution in [0.1, 0.15) is 5.82 Å². The first-order valence-electron chi connectivity index (χ1n) is 4.93. The van der Waals surface area contributed by atoms with Gasteiger partial charge in [0, 0.05) is 20.5 Å². The number of hydrogen-bond donors (Lipinski definition) is 0. The van der Waals surface area contributed by atoms with Crippen LogP contribution < -0.4 is 4.90 Å². The maximum atomic E-state index is 10.8. The minimum absolute atomic E-state index is 0.116. The molecule has 92 valence electrons. The summed E-state index contributed by atoms with van der Waals surface area (Å²) in [5.41, 5.74) is 0. The first-order chi connectivity index (χ1) is 8.13. The van der Waals surface area contributed by atoms with Crippen LogP contribution in [0.3, 0.4) is 0 Å². The highest BCUT2D eigenvalue weighted by Crippen LogP contribution is 2.01. The van der Waals surface area contributed by atoms with Gasteiger partial charge in [0.05, 0.1) is 6.61 Å². The van der Waals surface area contributed by atoms with Gasteiger partial charge in [0.15, 0.2) is 6.54 Å². The van der Waals surface area contributed by atoms with Crippen LogP contribution in [0, 0.1) is 4.91 Å². The maximum absolute atomic E-state index is 10.8. The van der Waals surface area contributed by atoms with Crippen molar-refractivity contribution < 1.29 is 9.53 Å². The van der Waals surface area contributed by atoms with Gasteiger partial charge in [-0.3, -0.25) is 0 Å². The van der Waals surface area contributed by atoms with Crippen molar-refractivity contribution >= 4 is 11.9 Å². The molecule has 0 aliphatic heterocycles. The molecule has 0 saturated heterocycles. The third-order valence-corrected chi connectivity index (χ3v) is 1.79. The topological polar surface area (TPSA) is 97.6 Å². The van der Waals surface area contributed by atoms with E-state index in [-0.39, 0.29) is 6.61 Å². The Balaban J connectivity index is 2.44. The molecule has 0 amide bonds. The van der Waals surface area contributed by atoms with Gasteiger partial charge in [-0.2, -0.15) is 9.89 Å². The largest absolute Gasteiger partial charge is 0.464 e. The average molecular weight is 239 g/mol. The quantitative estimate of drug-likeness (QED) is 0.500. The molecule has 1 aromatic heterocycles. The normalized spacial score (nSPS) is 9.76. The van der Waals surface area contributed by atoms with Crippen LogP contribution >= 0.6 is 0 Å². The lowest BCUT2D eigenvalue weighted by atomic mass is 10.4. The van der Waals surface area contributed by atoms with Crippen molar-refractivity contribution in [2.45, 2.75) is 6.42 Å². The lowest BCUT2D eigenvalue weighted by molar-refractivity contribution is -0.141. The highest BCUT2D eigenvalue weighted by molar-refractivity contribution is 5.71. The summed E-state index contributed by atoms with van der Waals surface area (Å²) in [7, 11) is 3.63. The lowest BCUT2D eigenvalue weighted by Crippen LogP contribution is -2.16. The summed E-state index contributed by atoms with van der Waals surface area (Å²) in [6.07, 6.45) is 1.76. The van der Waals surface area contributed by atoms with Gasteiger partial charge in [0.2, 0.25) is 5.95 Å². The Labute approximate surface area is 98.0 Å². The number of esters is 1. The van der Waals surface area contributed by atoms with Crippen LogP contribution in [0.25, 0.3) is 0 Å². The monoisotopic (exact) mass is 239 g/mol. The maximum Gasteiger partial charge on any atom is 0.331 e. The Morgan fingerprint density at radius 2 is 2.24 bits per heavy atom. The molecule has 0 unspecified atom stereocenters. The molecule has 0 aliphatic carbocycles. The number of anilines is 1. The second kappa shape index (κ2) is 6.46. The van der Waals surface area contributed by atoms with Crippen LogP contribution in [0.15, 0.2) is 11.5 Å². The summed E-state index contributed by atoms with van der Waals surface area (Å²) in [6, 6.07) is 0. The third-order valence-electron chi connectivity index (χ3n) is 1.79. The summed E-state index contributed by atoms with van der Waals surface area (Å²) >= 11 is 0. The van der Waals surface area contributed by atoms with Crippen molar-refractivity contribution in [3.8, 4) is 0 Å². The number of ether oxygens (including phenoxy) is 1. The number of nitrogens with zero attached hydrogens (tertiary/aromatic N) is 5. The van der Waals surface area contributed by atoms with Crippen LogP contribution in [-0.2, 0) is 16.0 Å². The Hall–Kier alpha value is -2.12. The molecule has 1 heterocycles. The SMILES string of the molecule is CN(C)c1ncnc(CCOC(=O)CN=O)n1. The summed E-state index contributed by atoms with van der Waals surface area (Å²) < 4.78 is 4.74. The van der Waals surface area contributed by atoms with Gasteiger partial charge in [-0.05, 0) is 0 Å². The highest BCUT2D eigenvalue weighted by Gasteiger charge is 2.05. The number of nitroso groups, excluding NO2 is 1. The lowest BCUT2D eigenvalue weighted by Gasteiger charge is -2.09. The highest BCUT2D eigenvalue weighted by atomic mass is 16.5. The molecule has 8 nitrogen and oxygen atoms in total. The molecule has 0 N–H and O–H groups in total. The molecule has 1 rings (SSSR count). The van der Waals surface area contributed by atoms with E-state index in [4.69, 9.17) is 4.74 Å². The molecule has 0 bridgehead atoms. The summed E-state index contributed by atoms with van der Waals surface area (Å²) in [4.78, 5) is 34.4. The Bertz CT molecular complexity index is 396. The van der Waals surface area contributed by atoms with Crippen LogP contribution in [0.4, 0.5) is 5.95 Å². The van der Waals surface area contributed by atoms with Crippen LogP contribution in [0.2, 0.25) is 0 Å². The number of carbonyl (C=O) groups is 1. The molecule has 0 radical (unpaired) electrons. The van der Waals surface area contributed by atoms with Crippen molar-refractivity contribution in [2.24, 2.45) is 5.18 Å². The molecule has 0 fully saturated rings. The molecule has 0 aromatic carbocycles. The first-order valence-corrected chi connectivity index (χ1v) is 4.93.